The number of hydrogen-bond donors (Lipinski definition) is 8. The van der Waals surface area contributed by atoms with Crippen LogP contribution in [0.15, 0.2) is 30.3 Å². The Morgan fingerprint density at radius 1 is 0.795 bits per heavy atom. The fourth-order valence-electron chi connectivity index (χ4n) is 4.11. The molecule has 0 aliphatic rings. The third-order valence-electron chi connectivity index (χ3n) is 6.48. The van der Waals surface area contributed by atoms with Gasteiger partial charge in [0.05, 0.1) is 19.8 Å². The lowest BCUT2D eigenvalue weighted by Crippen LogP contribution is -2.61. The number of unbranched alkanes of at least 4 members (excludes halogenated alkanes) is 2. The summed E-state index contributed by atoms with van der Waals surface area (Å²) in [6.07, 6.45) is 1.54. The van der Waals surface area contributed by atoms with E-state index in [-0.39, 0.29) is 25.2 Å². The predicted molar refractivity (Wildman–Crippen MR) is 160 cm³/mol. The fourth-order valence-corrected chi connectivity index (χ4v) is 4.11. The number of amides is 6. The number of aliphatic hydroxyl groups is 1. The van der Waals surface area contributed by atoms with Crippen molar-refractivity contribution in [2.24, 2.45) is 17.4 Å². The number of carbonyl (C=O) groups is 6. The van der Waals surface area contributed by atoms with Gasteiger partial charge in [-0.05, 0) is 30.7 Å². The van der Waals surface area contributed by atoms with Gasteiger partial charge in [0.1, 0.15) is 24.2 Å². The second-order valence-corrected chi connectivity index (χ2v) is 10.7. The summed E-state index contributed by atoms with van der Waals surface area (Å²) >= 11 is 0. The molecular weight excluding hydrogens is 577 g/mol. The summed E-state index contributed by atoms with van der Waals surface area (Å²) < 4.78 is 12.4. The van der Waals surface area contributed by atoms with Gasteiger partial charge in [0.2, 0.25) is 35.4 Å². The van der Waals surface area contributed by atoms with Crippen LogP contribution in [0, 0.1) is 5.92 Å². The van der Waals surface area contributed by atoms with E-state index in [0.717, 1.165) is 0 Å². The Balaban J connectivity index is 3.21. The van der Waals surface area contributed by atoms with Gasteiger partial charge in [-0.15, -0.1) is 0 Å². The number of benzene rings is 1. The largest absolute Gasteiger partial charge is 0.394 e. The number of halogens is 1. The Bertz CT molecular complexity index is 1090. The Morgan fingerprint density at radius 2 is 1.39 bits per heavy atom. The van der Waals surface area contributed by atoms with Gasteiger partial charge in [0.15, 0.2) is 0 Å². The number of hydrogen-bond acceptors (Lipinski definition) is 8. The molecule has 0 radical (unpaired) electrons. The number of rotatable bonds is 21. The lowest BCUT2D eigenvalue weighted by molar-refractivity contribution is -0.135. The van der Waals surface area contributed by atoms with E-state index in [1.54, 1.807) is 30.3 Å². The first kappa shape index (κ1) is 37.9. The van der Waals surface area contributed by atoms with E-state index in [2.05, 4.69) is 26.6 Å². The molecule has 4 atom stereocenters. The summed E-state index contributed by atoms with van der Waals surface area (Å²) in [6.45, 7) is 1.53. The quantitative estimate of drug-likeness (QED) is 0.0733. The highest BCUT2D eigenvalue weighted by Crippen LogP contribution is 2.08. The smallest absolute Gasteiger partial charge is 0.245 e. The molecule has 0 aromatic heterocycles. The minimum atomic E-state index is -1.45. The SMILES string of the molecule is CC(C)C[C@H](NC(=O)[C@H](Cc1ccccc1)NC(=O)[C@H](CNC(=O)CCCCCF)NC(=O)[C@H](CO)NC(=O)CN)C(N)=O. The molecule has 10 N–H and O–H groups in total. The standard InChI is InChI=1S/C29H46FN7O7/c1-18(2)13-20(26(32)41)35-27(42)21(14-19-9-5-3-6-10-19)36-28(43)22(16-33-24(39)11-7-4-8-12-30)37-29(44)23(17-38)34-25(40)15-31/h3,5-6,9-10,18,20-23,38H,4,7-8,11-17,31H2,1-2H3,(H2,32,41)(H,33,39)(H,34,40)(H,35,42)(H,36,43)(H,37,44)/t20-,21-,22-,23-/m0/s1. The second-order valence-electron chi connectivity index (χ2n) is 10.7. The van der Waals surface area contributed by atoms with Crippen LogP contribution in [0.3, 0.4) is 0 Å². The first-order valence-electron chi connectivity index (χ1n) is 14.6. The minimum absolute atomic E-state index is 0.0129. The van der Waals surface area contributed by atoms with Gasteiger partial charge in [0.25, 0.3) is 0 Å². The Morgan fingerprint density at radius 3 is 1.95 bits per heavy atom. The molecule has 0 bridgehead atoms. The van der Waals surface area contributed by atoms with Crippen molar-refractivity contribution in [3.8, 4) is 0 Å². The zero-order valence-electron chi connectivity index (χ0n) is 25.3. The number of alkyl halides is 1. The number of nitrogens with one attached hydrogen (secondary N) is 5. The molecule has 1 aromatic carbocycles. The third kappa shape index (κ3) is 14.9. The van der Waals surface area contributed by atoms with Crippen LogP contribution in [0.2, 0.25) is 0 Å². The maximum Gasteiger partial charge on any atom is 0.245 e. The summed E-state index contributed by atoms with van der Waals surface area (Å²) in [7, 11) is 0. The molecule has 246 valence electrons. The molecule has 0 heterocycles. The molecule has 1 rings (SSSR count). The van der Waals surface area contributed by atoms with Crippen LogP contribution in [0.1, 0.15) is 51.5 Å². The van der Waals surface area contributed by atoms with Gasteiger partial charge in [-0.3, -0.25) is 33.2 Å². The molecule has 0 saturated heterocycles. The van der Waals surface area contributed by atoms with Crippen molar-refractivity contribution in [1.82, 2.24) is 26.6 Å². The molecule has 0 unspecified atom stereocenters. The molecule has 0 fully saturated rings. The first-order chi connectivity index (χ1) is 20.9. The topological polar surface area (TPSA) is 235 Å². The van der Waals surface area contributed by atoms with Crippen molar-refractivity contribution in [2.75, 3.05) is 26.4 Å². The summed E-state index contributed by atoms with van der Waals surface area (Å²) in [4.78, 5) is 75.8. The van der Waals surface area contributed by atoms with Gasteiger partial charge in [0, 0.05) is 19.4 Å². The van der Waals surface area contributed by atoms with Gasteiger partial charge in [-0.1, -0.05) is 50.6 Å². The normalized spacial score (nSPS) is 13.6. The first-order valence-corrected chi connectivity index (χ1v) is 14.6. The van der Waals surface area contributed by atoms with Crippen LogP contribution in [0.25, 0.3) is 0 Å². The fraction of sp³-hybridized carbons (Fsp3) is 0.586. The van der Waals surface area contributed by atoms with Crippen molar-refractivity contribution in [2.45, 2.75) is 76.5 Å². The Kier molecular flexibility index (Phi) is 17.9. The molecule has 14 nitrogen and oxygen atoms in total. The molecular formula is C29H46FN7O7. The lowest BCUT2D eigenvalue weighted by atomic mass is 10.0. The van der Waals surface area contributed by atoms with Crippen LogP contribution >= 0.6 is 0 Å². The van der Waals surface area contributed by atoms with E-state index in [4.69, 9.17) is 11.5 Å². The van der Waals surface area contributed by atoms with Crippen LogP contribution in [-0.4, -0.2) is 91.1 Å². The average Bonchev–Trinajstić information content (AvgIpc) is 2.99. The summed E-state index contributed by atoms with van der Waals surface area (Å²) in [5.74, 6) is -4.42. The number of nitrogens with two attached hydrogens (primary N) is 2. The highest BCUT2D eigenvalue weighted by molar-refractivity contribution is 5.96. The van der Waals surface area contributed by atoms with E-state index in [0.29, 0.717) is 24.8 Å². The average molecular weight is 624 g/mol. The number of carbonyl (C=O) groups excluding carboxylic acids is 6. The van der Waals surface area contributed by atoms with E-state index in [1.165, 1.54) is 0 Å². The second kappa shape index (κ2) is 20.7. The van der Waals surface area contributed by atoms with Crippen molar-refractivity contribution in [3.63, 3.8) is 0 Å². The molecule has 15 heteroatoms. The highest BCUT2D eigenvalue weighted by atomic mass is 19.1. The van der Waals surface area contributed by atoms with Crippen LogP contribution in [0.5, 0.6) is 0 Å². The van der Waals surface area contributed by atoms with Crippen molar-refractivity contribution in [3.05, 3.63) is 35.9 Å². The van der Waals surface area contributed by atoms with Crippen molar-refractivity contribution < 1.29 is 38.3 Å². The summed E-state index contributed by atoms with van der Waals surface area (Å²) in [5, 5.41) is 21.9. The Hall–Kier alpha value is -4.11. The summed E-state index contributed by atoms with van der Waals surface area (Å²) in [6, 6.07) is 3.61. The molecule has 44 heavy (non-hydrogen) atoms. The monoisotopic (exact) mass is 623 g/mol. The van der Waals surface area contributed by atoms with E-state index in [1.807, 2.05) is 13.8 Å². The van der Waals surface area contributed by atoms with Gasteiger partial charge < -0.3 is 43.2 Å². The Labute approximate surface area is 256 Å². The van der Waals surface area contributed by atoms with E-state index < -0.39 is 86.0 Å². The minimum Gasteiger partial charge on any atom is -0.394 e. The van der Waals surface area contributed by atoms with Crippen LogP contribution in [-0.2, 0) is 35.2 Å². The molecule has 0 spiro atoms. The highest BCUT2D eigenvalue weighted by Gasteiger charge is 2.31. The lowest BCUT2D eigenvalue weighted by Gasteiger charge is -2.26. The van der Waals surface area contributed by atoms with Gasteiger partial charge in [-0.25, -0.2) is 0 Å². The van der Waals surface area contributed by atoms with Gasteiger partial charge >= 0.3 is 0 Å². The maximum atomic E-state index is 13.5. The molecule has 0 saturated carbocycles. The zero-order valence-corrected chi connectivity index (χ0v) is 25.3. The van der Waals surface area contributed by atoms with Crippen LogP contribution in [0.4, 0.5) is 4.39 Å². The third-order valence-corrected chi connectivity index (χ3v) is 6.48. The molecule has 0 aliphatic carbocycles. The molecule has 1 aromatic rings. The summed E-state index contributed by atoms with van der Waals surface area (Å²) in [5.41, 5.74) is 11.4. The zero-order chi connectivity index (χ0) is 33.1. The molecule has 6 amide bonds. The maximum absolute atomic E-state index is 13.5. The van der Waals surface area contributed by atoms with Crippen molar-refractivity contribution >= 4 is 35.4 Å². The van der Waals surface area contributed by atoms with E-state index in [9.17, 15) is 38.3 Å². The van der Waals surface area contributed by atoms with Gasteiger partial charge in [-0.2, -0.15) is 0 Å². The van der Waals surface area contributed by atoms with E-state index >= 15 is 0 Å². The molecule has 0 aliphatic heterocycles. The number of aliphatic hydroxyl groups excluding tert-OH is 1. The predicted octanol–water partition coefficient (Wildman–Crippen LogP) is -1.70. The van der Waals surface area contributed by atoms with Crippen molar-refractivity contribution in [1.29, 1.82) is 0 Å². The number of primary amides is 1. The van der Waals surface area contributed by atoms with Crippen LogP contribution < -0.4 is 38.1 Å².